The van der Waals surface area contributed by atoms with Crippen LogP contribution in [-0.2, 0) is 9.53 Å². The number of nitrogens with one attached hydrogen (secondary N) is 2. The largest absolute Gasteiger partial charge is 0.477 e. The van der Waals surface area contributed by atoms with Gasteiger partial charge in [-0.15, -0.1) is 0 Å². The van der Waals surface area contributed by atoms with Gasteiger partial charge < -0.3 is 20.5 Å². The number of carbonyl (C=O) groups is 2. The molecule has 1 rings (SSSR count). The van der Waals surface area contributed by atoms with Crippen molar-refractivity contribution in [3.05, 3.63) is 23.9 Å². The van der Waals surface area contributed by atoms with Crippen LogP contribution in [0.5, 0.6) is 0 Å². The summed E-state index contributed by atoms with van der Waals surface area (Å²) in [6.07, 6.45) is 0.280. The maximum absolute atomic E-state index is 11.4. The fraction of sp³-hybridized carbons (Fsp3) is 0.417. The van der Waals surface area contributed by atoms with Crippen LogP contribution in [0.15, 0.2) is 18.2 Å². The number of anilines is 1. The van der Waals surface area contributed by atoms with Gasteiger partial charge in [0.2, 0.25) is 5.91 Å². The van der Waals surface area contributed by atoms with Crippen molar-refractivity contribution in [3.63, 3.8) is 0 Å². The minimum absolute atomic E-state index is 0.0328. The number of hydrogen-bond acceptors (Lipinski definition) is 5. The smallest absolute Gasteiger partial charge is 0.354 e. The number of carboxylic acids is 1. The van der Waals surface area contributed by atoms with Crippen LogP contribution in [0.25, 0.3) is 0 Å². The number of pyridine rings is 1. The molecule has 104 valence electrons. The molecule has 0 unspecified atom stereocenters. The highest BCUT2D eigenvalue weighted by molar-refractivity contribution is 5.85. The summed E-state index contributed by atoms with van der Waals surface area (Å²) < 4.78 is 4.81. The molecule has 1 aromatic rings. The summed E-state index contributed by atoms with van der Waals surface area (Å²) in [4.78, 5) is 26.0. The van der Waals surface area contributed by atoms with Gasteiger partial charge in [0.25, 0.3) is 0 Å². The van der Waals surface area contributed by atoms with Gasteiger partial charge in [0.15, 0.2) is 5.69 Å². The van der Waals surface area contributed by atoms with Crippen molar-refractivity contribution in [3.8, 4) is 0 Å². The van der Waals surface area contributed by atoms with Crippen LogP contribution in [0, 0.1) is 0 Å². The SMILES string of the molecule is COCCNC(=O)CCNc1cccc(C(=O)O)n1. The van der Waals surface area contributed by atoms with Gasteiger partial charge in [0.1, 0.15) is 5.82 Å². The lowest BCUT2D eigenvalue weighted by Gasteiger charge is -2.07. The summed E-state index contributed by atoms with van der Waals surface area (Å²) in [6.45, 7) is 1.33. The Labute approximate surface area is 111 Å². The standard InChI is InChI=1S/C12H17N3O4/c1-19-8-7-14-11(16)5-6-13-10-4-2-3-9(15-10)12(17)18/h2-4H,5-8H2,1H3,(H,13,15)(H,14,16)(H,17,18). The first-order chi connectivity index (χ1) is 9.13. The zero-order valence-corrected chi connectivity index (χ0v) is 10.7. The lowest BCUT2D eigenvalue weighted by molar-refractivity contribution is -0.121. The summed E-state index contributed by atoms with van der Waals surface area (Å²) in [5, 5.41) is 14.4. The molecule has 7 heteroatoms. The lowest BCUT2D eigenvalue weighted by atomic mass is 10.3. The molecule has 19 heavy (non-hydrogen) atoms. The zero-order chi connectivity index (χ0) is 14.1. The Morgan fingerprint density at radius 2 is 2.16 bits per heavy atom. The first-order valence-corrected chi connectivity index (χ1v) is 5.83. The van der Waals surface area contributed by atoms with Crippen molar-refractivity contribution in [2.75, 3.05) is 32.1 Å². The minimum Gasteiger partial charge on any atom is -0.477 e. The normalized spacial score (nSPS) is 9.95. The molecule has 0 aromatic carbocycles. The first kappa shape index (κ1) is 14.9. The number of aromatic carboxylic acids is 1. The Kier molecular flexibility index (Phi) is 6.31. The summed E-state index contributed by atoms with van der Waals surface area (Å²) in [6, 6.07) is 4.65. The number of ether oxygens (including phenoxy) is 1. The molecule has 0 aliphatic rings. The quantitative estimate of drug-likeness (QED) is 0.587. The van der Waals surface area contributed by atoms with Crippen molar-refractivity contribution in [1.29, 1.82) is 0 Å². The molecule has 0 aliphatic heterocycles. The Balaban J connectivity index is 2.31. The fourth-order valence-electron chi connectivity index (χ4n) is 1.34. The van der Waals surface area contributed by atoms with E-state index >= 15 is 0 Å². The molecular weight excluding hydrogens is 250 g/mol. The predicted octanol–water partition coefficient (Wildman–Crippen LogP) is 0.344. The summed E-state index contributed by atoms with van der Waals surface area (Å²) in [5.41, 5.74) is -0.0328. The van der Waals surface area contributed by atoms with Crippen LogP contribution in [0.4, 0.5) is 5.82 Å². The maximum Gasteiger partial charge on any atom is 0.354 e. The zero-order valence-electron chi connectivity index (χ0n) is 10.7. The molecule has 1 amide bonds. The third-order valence-corrected chi connectivity index (χ3v) is 2.25. The van der Waals surface area contributed by atoms with Gasteiger partial charge in [-0.05, 0) is 12.1 Å². The number of amides is 1. The van der Waals surface area contributed by atoms with Crippen molar-refractivity contribution in [2.45, 2.75) is 6.42 Å². The van der Waals surface area contributed by atoms with Crippen LogP contribution < -0.4 is 10.6 Å². The summed E-state index contributed by atoms with van der Waals surface area (Å²) in [5.74, 6) is -0.746. The van der Waals surface area contributed by atoms with E-state index in [-0.39, 0.29) is 18.0 Å². The van der Waals surface area contributed by atoms with Crippen LogP contribution in [-0.4, -0.2) is 48.8 Å². The molecule has 0 fully saturated rings. The van der Waals surface area contributed by atoms with E-state index in [9.17, 15) is 9.59 Å². The maximum atomic E-state index is 11.4. The van der Waals surface area contributed by atoms with E-state index in [2.05, 4.69) is 15.6 Å². The number of carboxylic acid groups (broad SMARTS) is 1. The number of methoxy groups -OCH3 is 1. The predicted molar refractivity (Wildman–Crippen MR) is 69.2 cm³/mol. The van der Waals surface area contributed by atoms with E-state index in [4.69, 9.17) is 9.84 Å². The van der Waals surface area contributed by atoms with Gasteiger partial charge in [-0.25, -0.2) is 9.78 Å². The van der Waals surface area contributed by atoms with E-state index in [0.717, 1.165) is 0 Å². The van der Waals surface area contributed by atoms with Crippen molar-refractivity contribution >= 4 is 17.7 Å². The summed E-state index contributed by atoms with van der Waals surface area (Å²) >= 11 is 0. The van der Waals surface area contributed by atoms with E-state index in [1.807, 2.05) is 0 Å². The average Bonchev–Trinajstić information content (AvgIpc) is 2.39. The molecule has 0 spiro atoms. The molecule has 0 atom stereocenters. The Morgan fingerprint density at radius 3 is 2.84 bits per heavy atom. The van der Waals surface area contributed by atoms with Gasteiger partial charge >= 0.3 is 5.97 Å². The summed E-state index contributed by atoms with van der Waals surface area (Å²) in [7, 11) is 1.56. The highest BCUT2D eigenvalue weighted by atomic mass is 16.5. The number of hydrogen-bond donors (Lipinski definition) is 3. The van der Waals surface area contributed by atoms with E-state index in [0.29, 0.717) is 25.5 Å². The van der Waals surface area contributed by atoms with Crippen LogP contribution in [0.2, 0.25) is 0 Å². The van der Waals surface area contributed by atoms with E-state index < -0.39 is 5.97 Å². The molecule has 1 aromatic heterocycles. The molecule has 1 heterocycles. The second-order valence-corrected chi connectivity index (χ2v) is 3.73. The number of rotatable bonds is 8. The lowest BCUT2D eigenvalue weighted by Crippen LogP contribution is -2.28. The molecule has 3 N–H and O–H groups in total. The van der Waals surface area contributed by atoms with E-state index in [1.54, 1.807) is 19.2 Å². The average molecular weight is 267 g/mol. The Bertz CT molecular complexity index is 437. The molecule has 0 saturated carbocycles. The molecule has 7 nitrogen and oxygen atoms in total. The van der Waals surface area contributed by atoms with Crippen LogP contribution in [0.3, 0.4) is 0 Å². The first-order valence-electron chi connectivity index (χ1n) is 5.83. The number of aromatic nitrogens is 1. The van der Waals surface area contributed by atoms with E-state index in [1.165, 1.54) is 6.07 Å². The van der Waals surface area contributed by atoms with Crippen molar-refractivity contribution < 1.29 is 19.4 Å². The molecule has 0 saturated heterocycles. The third kappa shape index (κ3) is 5.82. The van der Waals surface area contributed by atoms with Crippen LogP contribution in [0.1, 0.15) is 16.9 Å². The number of carbonyl (C=O) groups excluding carboxylic acids is 1. The van der Waals surface area contributed by atoms with Crippen molar-refractivity contribution in [1.82, 2.24) is 10.3 Å². The van der Waals surface area contributed by atoms with Gasteiger partial charge in [-0.3, -0.25) is 4.79 Å². The van der Waals surface area contributed by atoms with Gasteiger partial charge in [-0.2, -0.15) is 0 Å². The monoisotopic (exact) mass is 267 g/mol. The van der Waals surface area contributed by atoms with Crippen LogP contribution >= 0.6 is 0 Å². The molecule has 0 bridgehead atoms. The number of nitrogens with zero attached hydrogens (tertiary/aromatic N) is 1. The van der Waals surface area contributed by atoms with Crippen molar-refractivity contribution in [2.24, 2.45) is 0 Å². The highest BCUT2D eigenvalue weighted by Gasteiger charge is 2.05. The second kappa shape index (κ2) is 8.04. The van der Waals surface area contributed by atoms with Gasteiger partial charge in [0.05, 0.1) is 6.61 Å². The second-order valence-electron chi connectivity index (χ2n) is 3.73. The topological polar surface area (TPSA) is 101 Å². The van der Waals surface area contributed by atoms with Gasteiger partial charge in [-0.1, -0.05) is 6.07 Å². The molecule has 0 radical (unpaired) electrons. The minimum atomic E-state index is -1.08. The highest BCUT2D eigenvalue weighted by Crippen LogP contribution is 2.04. The Hall–Kier alpha value is -2.15. The molecule has 0 aliphatic carbocycles. The fourth-order valence-corrected chi connectivity index (χ4v) is 1.34. The molecular formula is C12H17N3O4. The third-order valence-electron chi connectivity index (χ3n) is 2.25. The van der Waals surface area contributed by atoms with Gasteiger partial charge in [0, 0.05) is 26.6 Å². The Morgan fingerprint density at radius 1 is 1.37 bits per heavy atom.